The molecule has 3 rings (SSSR count). The Balaban J connectivity index is 2.03. The molecule has 3 nitrogen and oxygen atoms in total. The lowest BCUT2D eigenvalue weighted by Crippen LogP contribution is -2.30. The summed E-state index contributed by atoms with van der Waals surface area (Å²) in [6.45, 7) is 0. The molecule has 2 aliphatic rings. The van der Waals surface area contributed by atoms with Gasteiger partial charge in [-0.25, -0.2) is 0 Å². The van der Waals surface area contributed by atoms with Crippen molar-refractivity contribution in [3.8, 4) is 5.75 Å². The molecular weight excluding hydrogens is 448 g/mol. The second-order valence-electron chi connectivity index (χ2n) is 4.83. The molecule has 0 amide bonds. The van der Waals surface area contributed by atoms with Gasteiger partial charge in [0.25, 0.3) is 0 Å². The van der Waals surface area contributed by atoms with E-state index in [0.717, 1.165) is 15.1 Å². The van der Waals surface area contributed by atoms with Gasteiger partial charge >= 0.3 is 0 Å². The molecule has 2 atom stereocenters. The number of benzene rings is 1. The van der Waals surface area contributed by atoms with Crippen molar-refractivity contribution in [3.05, 3.63) is 53.5 Å². The van der Waals surface area contributed by atoms with Gasteiger partial charge in [-0.15, -0.1) is 20.1 Å². The minimum atomic E-state index is -1.31. The molecule has 0 aromatic heterocycles. The molecule has 1 aromatic carbocycles. The Morgan fingerprint density at radius 1 is 0.909 bits per heavy atom. The van der Waals surface area contributed by atoms with Crippen LogP contribution in [0.2, 0.25) is 0 Å². The zero-order chi connectivity index (χ0) is 15.5. The highest BCUT2D eigenvalue weighted by atomic mass is 79.9. The second-order valence-corrected chi connectivity index (χ2v) is 13.8. The first-order valence-electron chi connectivity index (χ1n) is 6.58. The van der Waals surface area contributed by atoms with E-state index in [-0.39, 0.29) is 4.77 Å². The molecule has 0 saturated carbocycles. The summed E-state index contributed by atoms with van der Waals surface area (Å²) in [4.78, 5) is 8.72. The second kappa shape index (κ2) is 6.95. The quantitative estimate of drug-likeness (QED) is 0.499. The smallest absolute Gasteiger partial charge is 0.177 e. The van der Waals surface area contributed by atoms with E-state index in [4.69, 9.17) is 4.74 Å². The van der Waals surface area contributed by atoms with Crippen LogP contribution in [0.4, 0.5) is 0 Å². The Labute approximate surface area is 150 Å². The first-order valence-corrected chi connectivity index (χ1v) is 12.8. The van der Waals surface area contributed by atoms with Crippen molar-refractivity contribution in [2.24, 2.45) is 9.98 Å². The monoisotopic (exact) mass is 462 g/mol. The van der Waals surface area contributed by atoms with Crippen LogP contribution in [0.1, 0.15) is 0 Å². The highest BCUT2D eigenvalue weighted by molar-refractivity contribution is 9.13. The number of halogens is 2. The number of hydrogen-bond acceptors (Lipinski definition) is 3. The maximum absolute atomic E-state index is 6.50. The number of alkyl halides is 2. The number of hydrogen-bond donors (Lipinski definition) is 0. The predicted octanol–water partition coefficient (Wildman–Crippen LogP) is 5.69. The molecule has 22 heavy (non-hydrogen) atoms. The number of rotatable bonds is 6. The SMILES string of the molecule is BrCS1(C(Oc2ccccc2)S2(CBr)C=CN=C2)C=CN=C1. The Morgan fingerprint density at radius 3 is 1.86 bits per heavy atom. The number of para-hydroxylation sites is 1. The van der Waals surface area contributed by atoms with Crippen LogP contribution in [-0.2, 0) is 0 Å². The van der Waals surface area contributed by atoms with E-state index < -0.39 is 20.1 Å². The van der Waals surface area contributed by atoms with Gasteiger partial charge < -0.3 is 4.74 Å². The third kappa shape index (κ3) is 2.96. The minimum Gasteiger partial charge on any atom is -0.471 e. The normalized spacial score (nSPS) is 35.9. The zero-order valence-corrected chi connectivity index (χ0v) is 16.5. The summed E-state index contributed by atoms with van der Waals surface area (Å²) in [5.41, 5.74) is 4.12. The van der Waals surface area contributed by atoms with E-state index in [1.165, 1.54) is 0 Å². The molecule has 2 unspecified atom stereocenters. The first kappa shape index (κ1) is 16.4. The van der Waals surface area contributed by atoms with Gasteiger partial charge in [0.2, 0.25) is 0 Å². The molecule has 2 aliphatic heterocycles. The van der Waals surface area contributed by atoms with Crippen LogP contribution >= 0.6 is 51.9 Å². The summed E-state index contributed by atoms with van der Waals surface area (Å²) in [5.74, 6) is 0.885. The fourth-order valence-electron chi connectivity index (χ4n) is 2.25. The average Bonchev–Trinajstić information content (AvgIpc) is 3.24. The van der Waals surface area contributed by atoms with Gasteiger partial charge in [0, 0.05) is 21.7 Å². The van der Waals surface area contributed by atoms with Gasteiger partial charge in [-0.1, -0.05) is 50.1 Å². The highest BCUT2D eigenvalue weighted by Gasteiger charge is 2.44. The molecule has 118 valence electrons. The third-order valence-corrected chi connectivity index (χ3v) is 15.0. The molecule has 0 saturated heterocycles. The lowest BCUT2D eigenvalue weighted by Gasteiger charge is -2.47. The summed E-state index contributed by atoms with van der Waals surface area (Å²) < 4.78 is 8.17. The van der Waals surface area contributed by atoms with Crippen LogP contribution in [0.25, 0.3) is 0 Å². The minimum absolute atomic E-state index is 0.00569. The summed E-state index contributed by atoms with van der Waals surface area (Å²) >= 11 is 7.38. The van der Waals surface area contributed by atoms with E-state index >= 15 is 0 Å². The first-order chi connectivity index (χ1) is 10.7. The predicted molar refractivity (Wildman–Crippen MR) is 109 cm³/mol. The van der Waals surface area contributed by atoms with Crippen molar-refractivity contribution in [1.82, 2.24) is 0 Å². The van der Waals surface area contributed by atoms with Gasteiger partial charge in [0.1, 0.15) is 5.75 Å². The molecule has 0 N–H and O–H groups in total. The van der Waals surface area contributed by atoms with Gasteiger partial charge in [-0.2, -0.15) is 0 Å². The molecule has 2 heterocycles. The van der Waals surface area contributed by atoms with Gasteiger partial charge in [-0.05, 0) is 22.9 Å². The average molecular weight is 464 g/mol. The topological polar surface area (TPSA) is 34.0 Å². The van der Waals surface area contributed by atoms with Crippen molar-refractivity contribution in [1.29, 1.82) is 0 Å². The Morgan fingerprint density at radius 2 is 1.45 bits per heavy atom. The van der Waals surface area contributed by atoms with Crippen LogP contribution in [0.3, 0.4) is 0 Å². The maximum atomic E-state index is 6.50. The van der Waals surface area contributed by atoms with Crippen LogP contribution in [0.15, 0.2) is 63.5 Å². The molecule has 1 aromatic rings. The summed E-state index contributed by atoms with van der Waals surface area (Å²) in [5, 5.41) is 4.40. The molecule has 0 bridgehead atoms. The summed E-state index contributed by atoms with van der Waals surface area (Å²) in [7, 11) is -2.61. The zero-order valence-electron chi connectivity index (χ0n) is 11.7. The molecule has 0 spiro atoms. The fraction of sp³-hybridized carbons (Fsp3) is 0.200. The van der Waals surface area contributed by atoms with Crippen molar-refractivity contribution < 1.29 is 4.74 Å². The van der Waals surface area contributed by atoms with E-state index in [9.17, 15) is 0 Å². The molecule has 0 fully saturated rings. The van der Waals surface area contributed by atoms with Crippen LogP contribution < -0.4 is 4.74 Å². The number of nitrogens with zero attached hydrogens (tertiary/aromatic N) is 2. The molecule has 0 radical (unpaired) electrons. The van der Waals surface area contributed by atoms with E-state index in [0.29, 0.717) is 0 Å². The van der Waals surface area contributed by atoms with Gasteiger partial charge in [-0.3, -0.25) is 9.98 Å². The Kier molecular flexibility index (Phi) is 5.17. The van der Waals surface area contributed by atoms with Crippen molar-refractivity contribution in [2.75, 3.05) is 9.32 Å². The van der Waals surface area contributed by atoms with Crippen LogP contribution in [0.5, 0.6) is 5.75 Å². The lowest BCUT2D eigenvalue weighted by atomic mass is 10.3. The fourth-order valence-corrected chi connectivity index (χ4v) is 12.9. The standard InChI is InChI=1S/C15H16Br2N2OS2/c16-10-21(8-6-18-12-21)15(20-14-4-2-1-3-5-14)22(11-17)9-7-19-13-22/h1-9,12-13,15H,10-11H2. The third-order valence-electron chi connectivity index (χ3n) is 3.38. The van der Waals surface area contributed by atoms with E-state index in [2.05, 4.69) is 63.8 Å². The van der Waals surface area contributed by atoms with E-state index in [1.54, 1.807) is 0 Å². The molecule has 7 heteroatoms. The Hall–Kier alpha value is -0.500. The van der Waals surface area contributed by atoms with Gasteiger partial charge in [0.05, 0.1) is 11.1 Å². The van der Waals surface area contributed by atoms with Crippen molar-refractivity contribution in [3.63, 3.8) is 0 Å². The van der Waals surface area contributed by atoms with Crippen molar-refractivity contribution in [2.45, 2.75) is 4.77 Å². The van der Waals surface area contributed by atoms with Gasteiger partial charge in [0.15, 0.2) is 4.77 Å². The number of aliphatic imine (C=N–C) groups is 2. The molecular formula is C15H16Br2N2OS2. The summed E-state index contributed by atoms with van der Waals surface area (Å²) in [6, 6.07) is 9.99. The maximum Gasteiger partial charge on any atom is 0.177 e. The number of ether oxygens (including phenoxy) is 1. The van der Waals surface area contributed by atoms with Crippen LogP contribution in [-0.4, -0.2) is 25.2 Å². The van der Waals surface area contributed by atoms with Crippen LogP contribution in [0, 0.1) is 0 Å². The summed E-state index contributed by atoms with van der Waals surface area (Å²) in [6.07, 6.45) is 3.77. The molecule has 0 aliphatic carbocycles. The van der Waals surface area contributed by atoms with Crippen molar-refractivity contribution >= 4 is 63.0 Å². The highest BCUT2D eigenvalue weighted by Crippen LogP contribution is 2.71. The van der Waals surface area contributed by atoms with E-state index in [1.807, 2.05) is 42.7 Å². The lowest BCUT2D eigenvalue weighted by molar-refractivity contribution is 0.362. The largest absolute Gasteiger partial charge is 0.471 e. The Bertz CT molecular complexity index is 586.